The Hall–Kier alpha value is -0.530. The Bertz CT molecular complexity index is 110. The van der Waals surface area contributed by atoms with Crippen LogP contribution < -0.4 is 0 Å². The summed E-state index contributed by atoms with van der Waals surface area (Å²) in [4.78, 5) is 0. The molecule has 0 heterocycles. The second kappa shape index (κ2) is 2.85. The zero-order valence-corrected chi connectivity index (χ0v) is 5.80. The molecule has 1 fully saturated rings. The first-order valence-electron chi connectivity index (χ1n) is 3.52. The average molecular weight is 127 g/mol. The van der Waals surface area contributed by atoms with Crippen LogP contribution in [0.15, 0.2) is 5.16 Å². The van der Waals surface area contributed by atoms with Crippen molar-refractivity contribution in [2.45, 2.75) is 32.6 Å². The lowest BCUT2D eigenvalue weighted by Gasteiger charge is -2.17. The smallest absolute Gasteiger partial charge is 0.0571 e. The van der Waals surface area contributed by atoms with Gasteiger partial charge >= 0.3 is 0 Å². The number of oxime groups is 1. The predicted octanol–water partition coefficient (Wildman–Crippen LogP) is 2.03. The van der Waals surface area contributed by atoms with Crippen molar-refractivity contribution in [1.29, 1.82) is 0 Å². The van der Waals surface area contributed by atoms with Crippen LogP contribution >= 0.6 is 0 Å². The molecule has 0 amide bonds. The molecule has 0 spiro atoms. The van der Waals surface area contributed by atoms with Gasteiger partial charge in [0.05, 0.1) is 5.71 Å². The highest BCUT2D eigenvalue weighted by molar-refractivity contribution is 5.84. The molecule has 52 valence electrons. The lowest BCUT2D eigenvalue weighted by molar-refractivity contribution is 0.311. The lowest BCUT2D eigenvalue weighted by atomic mass is 9.90. The monoisotopic (exact) mass is 127 g/mol. The van der Waals surface area contributed by atoms with Gasteiger partial charge in [-0.2, -0.15) is 0 Å². The maximum absolute atomic E-state index is 8.37. The normalized spacial score (nSPS) is 28.1. The van der Waals surface area contributed by atoms with Gasteiger partial charge in [-0.05, 0) is 31.6 Å². The molecule has 0 aromatic heterocycles. The molecule has 1 N–H and O–H groups in total. The molecule has 2 heteroatoms. The maximum Gasteiger partial charge on any atom is 0.0571 e. The fourth-order valence-corrected chi connectivity index (χ4v) is 1.20. The highest BCUT2D eigenvalue weighted by Gasteiger charge is 2.12. The fourth-order valence-electron chi connectivity index (χ4n) is 1.20. The Kier molecular flexibility index (Phi) is 2.09. The van der Waals surface area contributed by atoms with E-state index in [1.807, 2.05) is 0 Å². The van der Waals surface area contributed by atoms with Crippen LogP contribution in [0.2, 0.25) is 0 Å². The summed E-state index contributed by atoms with van der Waals surface area (Å²) in [5, 5.41) is 11.6. The summed E-state index contributed by atoms with van der Waals surface area (Å²) in [6.45, 7) is 2.24. The van der Waals surface area contributed by atoms with Crippen LogP contribution in [-0.2, 0) is 0 Å². The minimum atomic E-state index is 0.829. The van der Waals surface area contributed by atoms with Gasteiger partial charge in [-0.25, -0.2) is 0 Å². The third-order valence-electron chi connectivity index (χ3n) is 1.99. The Labute approximate surface area is 55.6 Å². The van der Waals surface area contributed by atoms with Crippen LogP contribution in [0, 0.1) is 5.92 Å². The fraction of sp³-hybridized carbons (Fsp3) is 0.857. The van der Waals surface area contributed by atoms with Gasteiger partial charge in [0.25, 0.3) is 0 Å². The summed E-state index contributed by atoms with van der Waals surface area (Å²) < 4.78 is 0. The maximum atomic E-state index is 8.37. The van der Waals surface area contributed by atoms with E-state index in [0.717, 1.165) is 24.5 Å². The zero-order valence-electron chi connectivity index (χ0n) is 5.80. The standard InChI is InChI=1S/C7H13NO/c1-6-2-4-7(8-9)5-3-6/h6,9H,2-5H2,1H3. The van der Waals surface area contributed by atoms with Crippen LogP contribution in [-0.4, -0.2) is 10.9 Å². The van der Waals surface area contributed by atoms with Gasteiger partial charge in [-0.15, -0.1) is 0 Å². The van der Waals surface area contributed by atoms with E-state index in [9.17, 15) is 0 Å². The molecule has 0 saturated heterocycles. The molecule has 9 heavy (non-hydrogen) atoms. The van der Waals surface area contributed by atoms with Crippen LogP contribution in [0.25, 0.3) is 0 Å². The highest BCUT2D eigenvalue weighted by atomic mass is 16.4. The molecule has 0 aromatic rings. The molecule has 1 rings (SSSR count). The molecule has 0 aromatic carbocycles. The van der Waals surface area contributed by atoms with Crippen LogP contribution in [0.5, 0.6) is 0 Å². The zero-order chi connectivity index (χ0) is 6.69. The summed E-state index contributed by atoms with van der Waals surface area (Å²) in [5.41, 5.74) is 0.980. The van der Waals surface area contributed by atoms with Crippen molar-refractivity contribution in [3.8, 4) is 0 Å². The van der Waals surface area contributed by atoms with Crippen molar-refractivity contribution in [1.82, 2.24) is 0 Å². The van der Waals surface area contributed by atoms with E-state index >= 15 is 0 Å². The first kappa shape index (κ1) is 6.59. The number of nitrogens with zero attached hydrogens (tertiary/aromatic N) is 1. The summed E-state index contributed by atoms with van der Waals surface area (Å²) in [6.07, 6.45) is 4.38. The molecule has 0 bridgehead atoms. The molecule has 1 aliphatic carbocycles. The quantitative estimate of drug-likeness (QED) is 0.392. The van der Waals surface area contributed by atoms with Crippen molar-refractivity contribution in [2.24, 2.45) is 11.1 Å². The summed E-state index contributed by atoms with van der Waals surface area (Å²) in [5.74, 6) is 0.829. The largest absolute Gasteiger partial charge is 0.411 e. The third kappa shape index (κ3) is 1.70. The molecular formula is C7H13NO. The topological polar surface area (TPSA) is 32.6 Å². The highest BCUT2D eigenvalue weighted by Crippen LogP contribution is 2.20. The van der Waals surface area contributed by atoms with E-state index in [2.05, 4.69) is 12.1 Å². The van der Waals surface area contributed by atoms with E-state index in [1.165, 1.54) is 12.8 Å². The molecule has 0 radical (unpaired) electrons. The van der Waals surface area contributed by atoms with Crippen molar-refractivity contribution in [2.75, 3.05) is 0 Å². The number of rotatable bonds is 0. The van der Waals surface area contributed by atoms with Gasteiger partial charge in [-0.1, -0.05) is 12.1 Å². The van der Waals surface area contributed by atoms with Gasteiger partial charge in [0.15, 0.2) is 0 Å². The van der Waals surface area contributed by atoms with Crippen LogP contribution in [0.1, 0.15) is 32.6 Å². The minimum Gasteiger partial charge on any atom is -0.411 e. The molecular weight excluding hydrogens is 114 g/mol. The summed E-state index contributed by atoms with van der Waals surface area (Å²) >= 11 is 0. The Morgan fingerprint density at radius 1 is 1.44 bits per heavy atom. The number of hydrogen-bond acceptors (Lipinski definition) is 2. The first-order chi connectivity index (χ1) is 4.33. The van der Waals surface area contributed by atoms with E-state index in [1.54, 1.807) is 0 Å². The molecule has 2 nitrogen and oxygen atoms in total. The van der Waals surface area contributed by atoms with E-state index < -0.39 is 0 Å². The van der Waals surface area contributed by atoms with Gasteiger partial charge in [0.1, 0.15) is 0 Å². The second-order valence-electron chi connectivity index (χ2n) is 2.85. The number of hydrogen-bond donors (Lipinski definition) is 1. The molecule has 0 aliphatic heterocycles. The second-order valence-corrected chi connectivity index (χ2v) is 2.85. The van der Waals surface area contributed by atoms with Gasteiger partial charge in [-0.3, -0.25) is 0 Å². The summed E-state index contributed by atoms with van der Waals surface area (Å²) in [7, 11) is 0. The van der Waals surface area contributed by atoms with E-state index in [4.69, 9.17) is 5.21 Å². The lowest BCUT2D eigenvalue weighted by Crippen LogP contribution is -2.11. The SMILES string of the molecule is CC1CCC(=NO)CC1. The summed E-state index contributed by atoms with van der Waals surface area (Å²) in [6, 6.07) is 0. The van der Waals surface area contributed by atoms with Crippen molar-refractivity contribution < 1.29 is 5.21 Å². The Balaban J connectivity index is 2.35. The minimum absolute atomic E-state index is 0.829. The molecule has 1 aliphatic rings. The van der Waals surface area contributed by atoms with Crippen LogP contribution in [0.4, 0.5) is 0 Å². The first-order valence-corrected chi connectivity index (χ1v) is 3.52. The van der Waals surface area contributed by atoms with E-state index in [0.29, 0.717) is 0 Å². The van der Waals surface area contributed by atoms with Crippen molar-refractivity contribution in [3.05, 3.63) is 0 Å². The molecule has 0 unspecified atom stereocenters. The van der Waals surface area contributed by atoms with Crippen molar-refractivity contribution in [3.63, 3.8) is 0 Å². The van der Waals surface area contributed by atoms with Gasteiger partial charge in [0.2, 0.25) is 0 Å². The molecule has 0 atom stereocenters. The molecule has 1 saturated carbocycles. The van der Waals surface area contributed by atoms with E-state index in [-0.39, 0.29) is 0 Å². The van der Waals surface area contributed by atoms with Crippen molar-refractivity contribution >= 4 is 5.71 Å². The van der Waals surface area contributed by atoms with Gasteiger partial charge in [0, 0.05) is 0 Å². The van der Waals surface area contributed by atoms with Gasteiger partial charge < -0.3 is 5.21 Å². The Morgan fingerprint density at radius 2 is 2.00 bits per heavy atom. The van der Waals surface area contributed by atoms with Crippen LogP contribution in [0.3, 0.4) is 0 Å². The Morgan fingerprint density at radius 3 is 2.44 bits per heavy atom. The average Bonchev–Trinajstić information content (AvgIpc) is 1.90. The third-order valence-corrected chi connectivity index (χ3v) is 1.99. The predicted molar refractivity (Wildman–Crippen MR) is 36.9 cm³/mol.